The number of ether oxygens (including phenoxy) is 1. The first-order valence-electron chi connectivity index (χ1n) is 6.30. The highest BCUT2D eigenvalue weighted by Crippen LogP contribution is 2.37. The van der Waals surface area contributed by atoms with Crippen molar-refractivity contribution in [1.82, 2.24) is 9.78 Å². The average molecular weight is 306 g/mol. The van der Waals surface area contributed by atoms with Gasteiger partial charge in [0.05, 0.1) is 18.8 Å². The number of rotatable bonds is 4. The van der Waals surface area contributed by atoms with Crippen LogP contribution in [0.5, 0.6) is 0 Å². The minimum atomic E-state index is -4.40. The smallest absolute Gasteiger partial charge is 0.422 e. The van der Waals surface area contributed by atoms with Crippen molar-refractivity contribution in [1.29, 1.82) is 0 Å². The predicted octanol–water partition coefficient (Wildman–Crippen LogP) is 3.75. The van der Waals surface area contributed by atoms with Gasteiger partial charge in [0.25, 0.3) is 0 Å². The molecule has 0 radical (unpaired) electrons. The van der Waals surface area contributed by atoms with E-state index in [0.29, 0.717) is 24.8 Å². The second-order valence-corrected chi connectivity index (χ2v) is 5.57. The zero-order chi connectivity index (χ0) is 14.2. The summed E-state index contributed by atoms with van der Waals surface area (Å²) in [5.74, 6) is 0.294. The van der Waals surface area contributed by atoms with Crippen molar-refractivity contribution in [2.45, 2.75) is 36.9 Å². The topological polar surface area (TPSA) is 36.3 Å². The number of halogens is 3. The van der Waals surface area contributed by atoms with Crippen molar-refractivity contribution in [3.05, 3.63) is 29.8 Å². The van der Waals surface area contributed by atoms with Gasteiger partial charge in [-0.15, -0.1) is 0 Å². The average Bonchev–Trinajstić information content (AvgIpc) is 3.14. The first-order valence-corrected chi connectivity index (χ1v) is 7.04. The lowest BCUT2D eigenvalue weighted by Crippen LogP contribution is -2.12. The monoisotopic (exact) mass is 306 g/mol. The van der Waals surface area contributed by atoms with Crippen LogP contribution < -0.4 is 0 Å². The zero-order valence-corrected chi connectivity index (χ0v) is 11.3. The summed E-state index contributed by atoms with van der Waals surface area (Å²) < 4.78 is 48.4. The van der Waals surface area contributed by atoms with Gasteiger partial charge in [-0.2, -0.15) is 18.3 Å². The molecule has 1 saturated carbocycles. The Morgan fingerprint density at radius 3 is 2.90 bits per heavy atom. The Bertz CT molecular complexity index is 511. The van der Waals surface area contributed by atoms with Crippen LogP contribution in [0.25, 0.3) is 0 Å². The fourth-order valence-corrected chi connectivity index (χ4v) is 2.33. The molecular formula is C12H13F3N2O2S. The van der Waals surface area contributed by atoms with Gasteiger partial charge in [0.2, 0.25) is 0 Å². The van der Waals surface area contributed by atoms with Gasteiger partial charge in [0.15, 0.2) is 12.0 Å². The summed E-state index contributed by atoms with van der Waals surface area (Å²) in [5, 5.41) is 4.25. The summed E-state index contributed by atoms with van der Waals surface area (Å²) in [4.78, 5) is 0. The Labute approximate surface area is 118 Å². The fraction of sp³-hybridized carbons (Fsp3) is 0.583. The van der Waals surface area contributed by atoms with E-state index in [4.69, 9.17) is 8.92 Å². The van der Waals surface area contributed by atoms with E-state index in [1.807, 2.05) is 10.9 Å². The third kappa shape index (κ3) is 3.49. The van der Waals surface area contributed by atoms with Crippen molar-refractivity contribution in [3.63, 3.8) is 0 Å². The molecular weight excluding hydrogens is 293 g/mol. The summed E-state index contributed by atoms with van der Waals surface area (Å²) in [7, 11) is 0. The summed E-state index contributed by atoms with van der Waals surface area (Å²) in [6, 6.07) is 0.466. The predicted molar refractivity (Wildman–Crippen MR) is 66.6 cm³/mol. The van der Waals surface area contributed by atoms with Crippen LogP contribution in [0, 0.1) is 0 Å². The number of hydrogen-bond acceptors (Lipinski definition) is 4. The van der Waals surface area contributed by atoms with Crippen molar-refractivity contribution >= 4 is 12.0 Å². The molecule has 20 heavy (non-hydrogen) atoms. The molecule has 0 amide bonds. The Hall–Kier alpha value is -1.15. The molecule has 0 bridgehead atoms. The first-order chi connectivity index (χ1) is 9.51. The molecule has 1 aliphatic heterocycles. The van der Waals surface area contributed by atoms with Crippen molar-refractivity contribution in [2.75, 3.05) is 6.61 Å². The van der Waals surface area contributed by atoms with Crippen LogP contribution in [-0.4, -0.2) is 21.9 Å². The van der Waals surface area contributed by atoms with Gasteiger partial charge in [-0.05, 0) is 18.9 Å². The second kappa shape index (κ2) is 5.33. The lowest BCUT2D eigenvalue weighted by atomic mass is 10.1. The van der Waals surface area contributed by atoms with E-state index in [0.717, 1.165) is 18.4 Å². The van der Waals surface area contributed by atoms with Crippen molar-refractivity contribution < 1.29 is 22.1 Å². The molecule has 2 aliphatic rings. The van der Waals surface area contributed by atoms with Crippen LogP contribution in [0.3, 0.4) is 0 Å². The summed E-state index contributed by atoms with van der Waals surface area (Å²) in [5.41, 5.74) is -3.56. The van der Waals surface area contributed by atoms with E-state index in [-0.39, 0.29) is 6.10 Å². The third-order valence-corrected chi connectivity index (χ3v) is 3.58. The fourth-order valence-electron chi connectivity index (χ4n) is 1.99. The molecule has 1 aromatic rings. The van der Waals surface area contributed by atoms with E-state index >= 15 is 0 Å². The molecule has 0 N–H and O–H groups in total. The van der Waals surface area contributed by atoms with Gasteiger partial charge in [0.1, 0.15) is 11.9 Å². The van der Waals surface area contributed by atoms with Crippen LogP contribution in [-0.2, 0) is 8.92 Å². The molecule has 1 atom stereocenters. The van der Waals surface area contributed by atoms with Crippen LogP contribution in [0.15, 0.2) is 24.2 Å². The maximum Gasteiger partial charge on any atom is 0.479 e. The number of alkyl halides is 3. The van der Waals surface area contributed by atoms with Crippen LogP contribution in [0.4, 0.5) is 13.2 Å². The second-order valence-electron chi connectivity index (χ2n) is 4.77. The molecule has 2 heterocycles. The maximum atomic E-state index is 12.1. The van der Waals surface area contributed by atoms with Gasteiger partial charge in [-0.25, -0.2) is 0 Å². The molecule has 1 fully saturated rings. The number of hydrogen-bond donors (Lipinski definition) is 0. The lowest BCUT2D eigenvalue weighted by Gasteiger charge is -2.20. The normalized spacial score (nSPS) is 23.6. The SMILES string of the molecule is FC(F)(F)SOC1=CC(c2cnn(C3CC3)c2)OCC1. The third-order valence-electron chi connectivity index (χ3n) is 3.10. The number of nitrogens with zero attached hydrogens (tertiary/aromatic N) is 2. The molecule has 0 spiro atoms. The molecule has 0 saturated heterocycles. The van der Waals surface area contributed by atoms with Gasteiger partial charge in [0, 0.05) is 18.2 Å². The zero-order valence-electron chi connectivity index (χ0n) is 10.5. The van der Waals surface area contributed by atoms with Crippen LogP contribution >= 0.6 is 12.0 Å². The minimum absolute atomic E-state index is 0.294. The van der Waals surface area contributed by atoms with E-state index in [2.05, 4.69) is 5.10 Å². The number of aromatic nitrogens is 2. The largest absolute Gasteiger partial charge is 0.479 e. The Morgan fingerprint density at radius 1 is 1.40 bits per heavy atom. The molecule has 4 nitrogen and oxygen atoms in total. The van der Waals surface area contributed by atoms with Gasteiger partial charge >= 0.3 is 5.51 Å². The molecule has 1 aliphatic carbocycles. The highest BCUT2D eigenvalue weighted by Gasteiger charge is 2.32. The Kier molecular flexibility index (Phi) is 3.68. The minimum Gasteiger partial charge on any atom is -0.422 e. The van der Waals surface area contributed by atoms with E-state index < -0.39 is 17.6 Å². The highest BCUT2D eigenvalue weighted by atomic mass is 32.2. The summed E-state index contributed by atoms with van der Waals surface area (Å²) >= 11 is -0.487. The quantitative estimate of drug-likeness (QED) is 0.794. The van der Waals surface area contributed by atoms with Crippen molar-refractivity contribution in [3.8, 4) is 0 Å². The van der Waals surface area contributed by atoms with Crippen LogP contribution in [0.1, 0.15) is 37.0 Å². The van der Waals surface area contributed by atoms with E-state index in [1.165, 1.54) is 0 Å². The standard InChI is InChI=1S/C12H13F3N2O2S/c13-12(14,15)20-19-10-3-4-18-11(5-10)8-6-16-17(7-8)9-1-2-9/h5-7,9,11H,1-4H2. The Balaban J connectivity index is 1.66. The van der Waals surface area contributed by atoms with Gasteiger partial charge in [-0.3, -0.25) is 4.68 Å². The molecule has 0 aromatic carbocycles. The molecule has 1 aromatic heterocycles. The van der Waals surface area contributed by atoms with Gasteiger partial charge < -0.3 is 8.92 Å². The van der Waals surface area contributed by atoms with E-state index in [9.17, 15) is 13.2 Å². The lowest BCUT2D eigenvalue weighted by molar-refractivity contribution is -0.0390. The van der Waals surface area contributed by atoms with Gasteiger partial charge in [-0.1, -0.05) is 0 Å². The highest BCUT2D eigenvalue weighted by molar-refractivity contribution is 7.95. The molecule has 110 valence electrons. The van der Waals surface area contributed by atoms with Crippen molar-refractivity contribution in [2.24, 2.45) is 0 Å². The maximum absolute atomic E-state index is 12.1. The molecule has 1 unspecified atom stereocenters. The Morgan fingerprint density at radius 2 is 2.20 bits per heavy atom. The summed E-state index contributed by atoms with van der Waals surface area (Å²) in [6.07, 6.45) is 7.36. The van der Waals surface area contributed by atoms with Crippen LogP contribution in [0.2, 0.25) is 0 Å². The molecule has 8 heteroatoms. The van der Waals surface area contributed by atoms with E-state index in [1.54, 1.807) is 12.3 Å². The molecule has 3 rings (SSSR count). The summed E-state index contributed by atoms with van der Waals surface area (Å²) in [6.45, 7) is 0.337. The first kappa shape index (κ1) is 13.8.